The summed E-state index contributed by atoms with van der Waals surface area (Å²) < 4.78 is 19.4. The largest absolute Gasteiger partial charge is 0.496 e. The Morgan fingerprint density at radius 2 is 1.79 bits per heavy atom. The van der Waals surface area contributed by atoms with Crippen molar-refractivity contribution in [1.29, 1.82) is 0 Å². The molecule has 0 N–H and O–H groups in total. The fourth-order valence-electron chi connectivity index (χ4n) is 5.37. The molecule has 242 valence electrons. The molecule has 7 nitrogen and oxygen atoms in total. The van der Waals surface area contributed by atoms with Crippen molar-refractivity contribution in [3.05, 3.63) is 128 Å². The van der Waals surface area contributed by atoms with Crippen molar-refractivity contribution >= 4 is 40.3 Å². The van der Waals surface area contributed by atoms with Crippen LogP contribution in [0.1, 0.15) is 54.5 Å². The molecule has 0 spiro atoms. The van der Waals surface area contributed by atoms with Crippen LogP contribution in [0, 0.1) is 6.92 Å². The number of benzene rings is 4. The van der Waals surface area contributed by atoms with Crippen LogP contribution in [0.3, 0.4) is 0 Å². The van der Waals surface area contributed by atoms with Crippen LogP contribution in [-0.4, -0.2) is 29.6 Å². The van der Waals surface area contributed by atoms with Gasteiger partial charge in [-0.05, 0) is 97.0 Å². The van der Waals surface area contributed by atoms with Crippen LogP contribution in [0.15, 0.2) is 89.3 Å². The van der Waals surface area contributed by atoms with Crippen LogP contribution >= 0.6 is 23.2 Å². The number of hydrogen-bond donors (Lipinski definition) is 0. The smallest absolute Gasteiger partial charge is 0.282 e. The van der Waals surface area contributed by atoms with E-state index in [1.807, 2.05) is 62.4 Å². The lowest BCUT2D eigenvalue weighted by Gasteiger charge is -2.18. The normalized spacial score (nSPS) is 11.4. The summed E-state index contributed by atoms with van der Waals surface area (Å²) in [4.78, 5) is 18.9. The molecule has 0 aliphatic heterocycles. The molecule has 0 aliphatic carbocycles. The summed E-state index contributed by atoms with van der Waals surface area (Å²) in [6.45, 7) is 12.7. The third-order valence-corrected chi connectivity index (χ3v) is 8.44. The Hall–Kier alpha value is -4.59. The summed E-state index contributed by atoms with van der Waals surface area (Å²) in [6, 6.07) is 20.5. The number of allylic oxidation sites excluding steroid dienone is 1. The Labute approximate surface area is 285 Å². The zero-order chi connectivity index (χ0) is 33.7. The molecule has 0 fully saturated rings. The zero-order valence-corrected chi connectivity index (χ0v) is 28.7. The van der Waals surface area contributed by atoms with Crippen molar-refractivity contribution < 1.29 is 14.2 Å². The Morgan fingerprint density at radius 3 is 2.49 bits per heavy atom. The van der Waals surface area contributed by atoms with Crippen LogP contribution in [-0.2, 0) is 13.0 Å². The fourth-order valence-corrected chi connectivity index (χ4v) is 5.69. The van der Waals surface area contributed by atoms with E-state index in [4.69, 9.17) is 47.5 Å². The highest BCUT2D eigenvalue weighted by Crippen LogP contribution is 2.36. The number of rotatable bonds is 12. The van der Waals surface area contributed by atoms with Gasteiger partial charge in [0.15, 0.2) is 17.3 Å². The highest BCUT2D eigenvalue weighted by Gasteiger charge is 2.19. The Kier molecular flexibility index (Phi) is 10.7. The number of halogens is 2. The Bertz CT molecular complexity index is 2030. The highest BCUT2D eigenvalue weighted by molar-refractivity contribution is 6.42. The molecule has 4 aromatic carbocycles. The minimum absolute atomic E-state index is 0.186. The number of aromatic nitrogens is 2. The van der Waals surface area contributed by atoms with Crippen molar-refractivity contribution in [2.75, 3.05) is 13.7 Å². The lowest BCUT2D eigenvalue weighted by Crippen LogP contribution is -2.21. The molecule has 0 atom stereocenters. The second-order valence-electron chi connectivity index (χ2n) is 11.3. The molecular weight excluding hydrogens is 633 g/mol. The summed E-state index contributed by atoms with van der Waals surface area (Å²) in [5.41, 5.74) is 5.46. The summed E-state index contributed by atoms with van der Waals surface area (Å²) in [7, 11) is 1.66. The van der Waals surface area contributed by atoms with E-state index in [2.05, 4.69) is 20.4 Å². The van der Waals surface area contributed by atoms with E-state index in [1.165, 1.54) is 4.68 Å². The van der Waals surface area contributed by atoms with Gasteiger partial charge in [0, 0.05) is 11.1 Å². The molecule has 0 unspecified atom stereocenters. The van der Waals surface area contributed by atoms with Crippen molar-refractivity contribution in [2.24, 2.45) is 5.10 Å². The minimum atomic E-state index is -0.277. The van der Waals surface area contributed by atoms with Crippen LogP contribution in [0.25, 0.3) is 22.3 Å². The van der Waals surface area contributed by atoms with Gasteiger partial charge < -0.3 is 14.2 Å². The van der Waals surface area contributed by atoms with Crippen molar-refractivity contribution in [3.8, 4) is 28.6 Å². The molecule has 0 amide bonds. The number of hydrogen-bond acceptors (Lipinski definition) is 6. The van der Waals surface area contributed by atoms with Crippen LogP contribution < -0.4 is 19.8 Å². The fraction of sp³-hybridized carbons (Fsp3) is 0.237. The van der Waals surface area contributed by atoms with Gasteiger partial charge in [0.05, 0.1) is 40.9 Å². The van der Waals surface area contributed by atoms with Crippen molar-refractivity contribution in [1.82, 2.24) is 9.66 Å². The molecule has 1 heterocycles. The van der Waals surface area contributed by atoms with E-state index < -0.39 is 0 Å². The van der Waals surface area contributed by atoms with Crippen LogP contribution in [0.4, 0.5) is 0 Å². The van der Waals surface area contributed by atoms with E-state index in [-0.39, 0.29) is 18.1 Å². The minimum Gasteiger partial charge on any atom is -0.496 e. The van der Waals surface area contributed by atoms with Gasteiger partial charge in [-0.2, -0.15) is 9.78 Å². The lowest BCUT2D eigenvalue weighted by molar-refractivity contribution is 0.267. The van der Waals surface area contributed by atoms with Gasteiger partial charge in [0.25, 0.3) is 5.56 Å². The first-order valence-electron chi connectivity index (χ1n) is 15.4. The molecule has 1 aromatic heterocycles. The Morgan fingerprint density at radius 1 is 1.00 bits per heavy atom. The number of methoxy groups -OCH3 is 1. The van der Waals surface area contributed by atoms with Gasteiger partial charge in [-0.3, -0.25) is 4.79 Å². The predicted molar refractivity (Wildman–Crippen MR) is 192 cm³/mol. The molecule has 5 aromatic rings. The molecule has 0 saturated heterocycles. The maximum absolute atomic E-state index is 14.0. The van der Waals surface area contributed by atoms with E-state index in [1.54, 1.807) is 37.6 Å². The van der Waals surface area contributed by atoms with Gasteiger partial charge in [-0.1, -0.05) is 61.3 Å². The van der Waals surface area contributed by atoms with Crippen molar-refractivity contribution in [2.45, 2.75) is 46.6 Å². The topological polar surface area (TPSA) is 74.9 Å². The van der Waals surface area contributed by atoms with Gasteiger partial charge in [0.2, 0.25) is 0 Å². The first kappa shape index (κ1) is 33.8. The van der Waals surface area contributed by atoms with Gasteiger partial charge in [0.1, 0.15) is 12.4 Å². The summed E-state index contributed by atoms with van der Waals surface area (Å²) >= 11 is 12.3. The standard InChI is InChI=1S/C38H37Cl2N3O4/c1-7-11-27-17-26(19-35(46-8-2)36(27)47-22-25-14-15-31(39)32(40)18-25)21-41-43-37(42-33-13-10-9-12-28(33)38(43)44)30-20-29(23(3)4)34(45-6)16-24(30)5/h7,9-10,12-21,23H,1,8,11,22H2,2-6H3. The average Bonchev–Trinajstić information content (AvgIpc) is 3.05. The Balaban J connectivity index is 1.62. The van der Waals surface area contributed by atoms with E-state index >= 15 is 0 Å². The zero-order valence-electron chi connectivity index (χ0n) is 27.1. The number of fused-ring (bicyclic) bond motifs is 1. The number of nitrogens with zero attached hydrogens (tertiary/aromatic N) is 3. The van der Waals surface area contributed by atoms with E-state index in [0.717, 1.165) is 33.6 Å². The molecular formula is C38H37Cl2N3O4. The second-order valence-corrected chi connectivity index (χ2v) is 12.2. The van der Waals surface area contributed by atoms with Gasteiger partial charge in [-0.15, -0.1) is 6.58 Å². The molecule has 0 aliphatic rings. The molecule has 9 heteroatoms. The van der Waals surface area contributed by atoms with Crippen LogP contribution in [0.5, 0.6) is 17.2 Å². The first-order valence-corrected chi connectivity index (χ1v) is 16.1. The third kappa shape index (κ3) is 7.37. The highest BCUT2D eigenvalue weighted by atomic mass is 35.5. The maximum Gasteiger partial charge on any atom is 0.282 e. The summed E-state index contributed by atoms with van der Waals surface area (Å²) in [5, 5.41) is 6.15. The number of ether oxygens (including phenoxy) is 3. The first-order chi connectivity index (χ1) is 22.6. The summed E-state index contributed by atoms with van der Waals surface area (Å²) in [5.74, 6) is 2.55. The van der Waals surface area contributed by atoms with E-state index in [9.17, 15) is 4.79 Å². The molecule has 0 bridgehead atoms. The van der Waals surface area contributed by atoms with Crippen molar-refractivity contribution in [3.63, 3.8) is 0 Å². The van der Waals surface area contributed by atoms with Gasteiger partial charge in [-0.25, -0.2) is 4.98 Å². The quantitative estimate of drug-likeness (QED) is 0.0977. The molecule has 0 saturated carbocycles. The van der Waals surface area contributed by atoms with Gasteiger partial charge >= 0.3 is 0 Å². The molecule has 5 rings (SSSR count). The van der Waals surface area contributed by atoms with Crippen LogP contribution in [0.2, 0.25) is 10.0 Å². The summed E-state index contributed by atoms with van der Waals surface area (Å²) in [6.07, 6.45) is 3.96. The lowest BCUT2D eigenvalue weighted by atomic mass is 9.96. The monoisotopic (exact) mass is 669 g/mol. The third-order valence-electron chi connectivity index (χ3n) is 7.70. The predicted octanol–water partition coefficient (Wildman–Crippen LogP) is 9.40. The SMILES string of the molecule is C=CCc1cc(C=Nn2c(-c3cc(C(C)C)c(OC)cc3C)nc3ccccc3c2=O)cc(OCC)c1OCc1ccc(Cl)c(Cl)c1. The maximum atomic E-state index is 14.0. The molecule has 0 radical (unpaired) electrons. The number of aryl methyl sites for hydroxylation is 1. The van der Waals surface area contributed by atoms with E-state index in [0.29, 0.717) is 56.9 Å². The number of para-hydroxylation sites is 1. The average molecular weight is 671 g/mol. The second kappa shape index (κ2) is 14.9. The molecule has 47 heavy (non-hydrogen) atoms.